The van der Waals surface area contributed by atoms with Crippen LogP contribution < -0.4 is 15.2 Å². The number of nitrogens with zero attached hydrogens (tertiary/aromatic N) is 1. The van der Waals surface area contributed by atoms with Gasteiger partial charge in [-0.1, -0.05) is 24.3 Å². The van der Waals surface area contributed by atoms with E-state index in [0.717, 1.165) is 12.1 Å². The average Bonchev–Trinajstić information content (AvgIpc) is 2.99. The van der Waals surface area contributed by atoms with Crippen molar-refractivity contribution in [2.24, 2.45) is 0 Å². The van der Waals surface area contributed by atoms with E-state index >= 15 is 0 Å². The Kier molecular flexibility index (Phi) is 10.1. The van der Waals surface area contributed by atoms with Crippen molar-refractivity contribution in [3.8, 4) is 5.75 Å². The van der Waals surface area contributed by atoms with Crippen LogP contribution in [0.1, 0.15) is 23.6 Å². The first-order valence-corrected chi connectivity index (χ1v) is 14.3. The Morgan fingerprint density at radius 3 is 2.49 bits per heavy atom. The molecule has 10 nitrogen and oxygen atoms in total. The summed E-state index contributed by atoms with van der Waals surface area (Å²) >= 11 is 1.40. The minimum atomic E-state index is -4.74. The van der Waals surface area contributed by atoms with Crippen molar-refractivity contribution >= 4 is 37.3 Å². The molecule has 4 N–H and O–H groups in total. The molecule has 0 aromatic heterocycles. The molecular weight excluding hydrogens is 562 g/mol. The lowest BCUT2D eigenvalue weighted by Gasteiger charge is -2.26. The number of hydrogen-bond donors (Lipinski definition) is 4. The van der Waals surface area contributed by atoms with E-state index in [1.54, 1.807) is 0 Å². The average molecular weight is 590 g/mol. The van der Waals surface area contributed by atoms with E-state index in [1.807, 2.05) is 0 Å². The Labute approximate surface area is 226 Å². The molecule has 0 unspecified atom stereocenters. The highest BCUT2D eigenvalue weighted by molar-refractivity contribution is 7.99. The van der Waals surface area contributed by atoms with E-state index < -0.39 is 49.4 Å². The zero-order valence-electron chi connectivity index (χ0n) is 20.7. The SMILES string of the molecule is CC(=O)N[C@@H](Cc1ccc(OP(=O)(O)O)cc1)C(=O)N[C@H]1CSCCN(Cc2cccc(C(F)(F)F)c2)C1=O. The first kappa shape index (κ1) is 30.5. The summed E-state index contributed by atoms with van der Waals surface area (Å²) < 4.78 is 54.8. The second kappa shape index (κ2) is 12.9. The highest BCUT2D eigenvalue weighted by Crippen LogP contribution is 2.37. The van der Waals surface area contributed by atoms with E-state index in [1.165, 1.54) is 60.0 Å². The van der Waals surface area contributed by atoms with Gasteiger partial charge >= 0.3 is 14.0 Å². The van der Waals surface area contributed by atoms with Gasteiger partial charge in [0.05, 0.1) is 5.56 Å². The fraction of sp³-hybridized carbons (Fsp3) is 0.375. The summed E-state index contributed by atoms with van der Waals surface area (Å²) in [5.41, 5.74) is 0.0214. The Morgan fingerprint density at radius 2 is 1.87 bits per heavy atom. The smallest absolute Gasteiger partial charge is 0.404 e. The first-order valence-electron chi connectivity index (χ1n) is 11.7. The molecule has 0 bridgehead atoms. The monoisotopic (exact) mass is 589 g/mol. The number of nitrogens with one attached hydrogen (secondary N) is 2. The predicted molar refractivity (Wildman–Crippen MR) is 137 cm³/mol. The number of phosphoric acid groups is 1. The molecule has 2 aromatic rings. The fourth-order valence-electron chi connectivity index (χ4n) is 3.89. The number of amides is 3. The van der Waals surface area contributed by atoms with Crippen molar-refractivity contribution in [2.45, 2.75) is 38.1 Å². The van der Waals surface area contributed by atoms with Crippen LogP contribution in [0.3, 0.4) is 0 Å². The summed E-state index contributed by atoms with van der Waals surface area (Å²) in [7, 11) is -4.74. The van der Waals surface area contributed by atoms with Crippen LogP contribution in [0.4, 0.5) is 13.2 Å². The van der Waals surface area contributed by atoms with Crippen LogP contribution in [-0.2, 0) is 38.1 Å². The Bertz CT molecular complexity index is 1240. The molecule has 15 heteroatoms. The molecular formula is C24H27F3N3O7PS. The van der Waals surface area contributed by atoms with Gasteiger partial charge in [0.25, 0.3) is 0 Å². The number of thioether (sulfide) groups is 1. The summed E-state index contributed by atoms with van der Waals surface area (Å²) in [6, 6.07) is 8.21. The van der Waals surface area contributed by atoms with E-state index in [-0.39, 0.29) is 31.0 Å². The van der Waals surface area contributed by atoms with Crippen LogP contribution in [0.5, 0.6) is 5.75 Å². The van der Waals surface area contributed by atoms with E-state index in [0.29, 0.717) is 16.9 Å². The Balaban J connectivity index is 1.70. The molecule has 1 saturated heterocycles. The zero-order chi connectivity index (χ0) is 28.8. The number of phosphoric ester groups is 1. The van der Waals surface area contributed by atoms with Crippen LogP contribution >= 0.6 is 19.6 Å². The fourth-order valence-corrected chi connectivity index (χ4v) is 5.27. The topological polar surface area (TPSA) is 145 Å². The van der Waals surface area contributed by atoms with Gasteiger partial charge < -0.3 is 20.1 Å². The van der Waals surface area contributed by atoms with Crippen molar-refractivity contribution in [3.05, 3.63) is 65.2 Å². The number of halogens is 3. The lowest BCUT2D eigenvalue weighted by atomic mass is 10.0. The molecule has 0 radical (unpaired) electrons. The maximum Gasteiger partial charge on any atom is 0.524 e. The van der Waals surface area contributed by atoms with E-state index in [9.17, 15) is 32.1 Å². The molecule has 0 saturated carbocycles. The second-order valence-electron chi connectivity index (χ2n) is 8.78. The largest absolute Gasteiger partial charge is 0.524 e. The molecule has 0 aliphatic carbocycles. The molecule has 1 aliphatic rings. The van der Waals surface area contributed by atoms with Gasteiger partial charge in [-0.25, -0.2) is 4.57 Å². The predicted octanol–water partition coefficient (Wildman–Crippen LogP) is 2.48. The van der Waals surface area contributed by atoms with Crippen LogP contribution in [0, 0.1) is 0 Å². The van der Waals surface area contributed by atoms with Crippen LogP contribution in [0.2, 0.25) is 0 Å². The zero-order valence-corrected chi connectivity index (χ0v) is 22.4. The molecule has 2 aromatic carbocycles. The van der Waals surface area contributed by atoms with Gasteiger partial charge in [0.15, 0.2) is 0 Å². The van der Waals surface area contributed by atoms with Gasteiger partial charge in [-0.3, -0.25) is 24.2 Å². The summed E-state index contributed by atoms with van der Waals surface area (Å²) in [4.78, 5) is 57.3. The van der Waals surface area contributed by atoms with Gasteiger partial charge in [-0.2, -0.15) is 24.9 Å². The van der Waals surface area contributed by atoms with Crippen molar-refractivity contribution < 1.29 is 46.4 Å². The van der Waals surface area contributed by atoms with Gasteiger partial charge in [0.1, 0.15) is 17.8 Å². The highest BCUT2D eigenvalue weighted by Gasteiger charge is 2.33. The quantitative estimate of drug-likeness (QED) is 0.327. The summed E-state index contributed by atoms with van der Waals surface area (Å²) in [6.45, 7) is 1.44. The standard InChI is InChI=1S/C24H27F3N3O7PS/c1-15(31)28-20(12-16-5-7-19(8-6-16)37-38(34,35)36)22(32)29-21-14-39-10-9-30(23(21)33)13-17-3-2-4-18(11-17)24(25,26)27/h2-8,11,20-21H,9-10,12-14H2,1H3,(H,28,31)(H,29,32)(H2,34,35,36)/t20-,21-/m0/s1. The minimum Gasteiger partial charge on any atom is -0.404 e. The lowest BCUT2D eigenvalue weighted by Crippen LogP contribution is -2.55. The van der Waals surface area contributed by atoms with Crippen molar-refractivity contribution in [2.75, 3.05) is 18.1 Å². The van der Waals surface area contributed by atoms with Crippen LogP contribution in [0.15, 0.2) is 48.5 Å². The highest BCUT2D eigenvalue weighted by atomic mass is 32.2. The van der Waals surface area contributed by atoms with Crippen molar-refractivity contribution in [3.63, 3.8) is 0 Å². The summed E-state index contributed by atoms with van der Waals surface area (Å²) in [5.74, 6) is -0.911. The third-order valence-electron chi connectivity index (χ3n) is 5.63. The maximum atomic E-state index is 13.2. The van der Waals surface area contributed by atoms with Gasteiger partial charge in [0, 0.05) is 37.9 Å². The molecule has 39 heavy (non-hydrogen) atoms. The normalized spacial score (nSPS) is 17.2. The summed E-state index contributed by atoms with van der Waals surface area (Å²) in [6.07, 6.45) is -4.51. The molecule has 3 rings (SSSR count). The molecule has 1 aliphatic heterocycles. The molecule has 2 atom stereocenters. The number of benzene rings is 2. The number of alkyl halides is 3. The summed E-state index contributed by atoms with van der Waals surface area (Å²) in [5, 5.41) is 5.18. The number of hydrogen-bond acceptors (Lipinski definition) is 6. The Morgan fingerprint density at radius 1 is 1.18 bits per heavy atom. The van der Waals surface area contributed by atoms with Gasteiger partial charge in [0.2, 0.25) is 17.7 Å². The Hall–Kier alpha value is -3.06. The lowest BCUT2D eigenvalue weighted by molar-refractivity contribution is -0.137. The third kappa shape index (κ3) is 9.57. The molecule has 212 valence electrons. The molecule has 1 fully saturated rings. The van der Waals surface area contributed by atoms with Gasteiger partial charge in [-0.15, -0.1) is 0 Å². The first-order chi connectivity index (χ1) is 18.2. The molecule has 0 spiro atoms. The number of rotatable bonds is 9. The number of carbonyl (C=O) groups is 3. The minimum absolute atomic E-state index is 0.00358. The third-order valence-corrected chi connectivity index (χ3v) is 7.11. The molecule has 1 heterocycles. The maximum absolute atomic E-state index is 13.2. The van der Waals surface area contributed by atoms with Crippen LogP contribution in [-0.4, -0.2) is 62.5 Å². The van der Waals surface area contributed by atoms with Crippen molar-refractivity contribution in [1.82, 2.24) is 15.5 Å². The molecule has 3 amide bonds. The van der Waals surface area contributed by atoms with Crippen LogP contribution in [0.25, 0.3) is 0 Å². The van der Waals surface area contributed by atoms with Crippen molar-refractivity contribution in [1.29, 1.82) is 0 Å². The van der Waals surface area contributed by atoms with Gasteiger partial charge in [-0.05, 0) is 35.4 Å². The van der Waals surface area contributed by atoms with E-state index in [2.05, 4.69) is 15.2 Å². The number of carbonyl (C=O) groups excluding carboxylic acids is 3. The second-order valence-corrected chi connectivity index (χ2v) is 11.1. The van der Waals surface area contributed by atoms with E-state index in [4.69, 9.17) is 9.79 Å².